The van der Waals surface area contributed by atoms with Crippen LogP contribution in [0.3, 0.4) is 0 Å². The summed E-state index contributed by atoms with van der Waals surface area (Å²) in [5, 5.41) is 9.27. The van der Waals surface area contributed by atoms with E-state index in [0.29, 0.717) is 34.3 Å². The molecule has 5 aromatic rings. The topological polar surface area (TPSA) is 90.0 Å². The van der Waals surface area contributed by atoms with Gasteiger partial charge < -0.3 is 0 Å². The lowest BCUT2D eigenvalue weighted by molar-refractivity contribution is 0.809. The molecule has 29 heavy (non-hydrogen) atoms. The van der Waals surface area contributed by atoms with Crippen LogP contribution < -0.4 is 11.2 Å². The molecular weight excluding hydrogens is 392 g/mol. The summed E-state index contributed by atoms with van der Waals surface area (Å²) in [6, 6.07) is 16.9. The molecule has 3 aromatic heterocycles. The molecule has 0 saturated carbocycles. The van der Waals surface area contributed by atoms with E-state index in [-0.39, 0.29) is 0 Å². The molecule has 0 amide bonds. The van der Waals surface area contributed by atoms with E-state index in [2.05, 4.69) is 15.2 Å². The van der Waals surface area contributed by atoms with Crippen molar-refractivity contribution < 1.29 is 0 Å². The summed E-state index contributed by atoms with van der Waals surface area (Å²) in [5.74, 6) is 1.02. The van der Waals surface area contributed by atoms with Crippen molar-refractivity contribution in [1.82, 2.24) is 28.7 Å². The molecule has 0 aliphatic heterocycles. The molecule has 1 N–H and O–H groups in total. The molecule has 144 valence electrons. The van der Waals surface area contributed by atoms with Crippen LogP contribution in [0.25, 0.3) is 28.3 Å². The van der Waals surface area contributed by atoms with Crippen LogP contribution >= 0.6 is 11.6 Å². The quantitative estimate of drug-likeness (QED) is 0.498. The zero-order valence-electron chi connectivity index (χ0n) is 15.3. The highest BCUT2D eigenvalue weighted by atomic mass is 35.5. The maximum atomic E-state index is 12.8. The van der Waals surface area contributed by atoms with E-state index in [9.17, 15) is 9.59 Å². The highest BCUT2D eigenvalue weighted by Gasteiger charge is 2.22. The molecule has 0 atom stereocenters. The van der Waals surface area contributed by atoms with Crippen molar-refractivity contribution in [3.8, 4) is 11.4 Å². The standard InChI is InChI=1S/C20H15ClN6O2/c1-25-18-15(17(28)22-20(25)29)26(11-12-6-5-9-14(21)10-12)19-24-23-16(27(18)19)13-7-3-2-4-8-13/h2-10H,11H2,1H3,(H,22,28,29). The number of fused-ring (bicyclic) bond motifs is 3. The summed E-state index contributed by atoms with van der Waals surface area (Å²) in [6.45, 7) is 0.349. The SMILES string of the molecule is Cn1c(=O)[nH]c(=O)c2c1n1c(-c3ccccc3)nnc1n2Cc1cccc(Cl)c1. The molecule has 0 spiro atoms. The zero-order valence-corrected chi connectivity index (χ0v) is 16.1. The minimum absolute atomic E-state index is 0.342. The van der Waals surface area contributed by atoms with Crippen molar-refractivity contribution in [3.63, 3.8) is 0 Å². The molecule has 0 fully saturated rings. The van der Waals surface area contributed by atoms with E-state index in [1.165, 1.54) is 4.57 Å². The second-order valence-electron chi connectivity index (χ2n) is 6.73. The van der Waals surface area contributed by atoms with Crippen LogP contribution in [0.2, 0.25) is 5.02 Å². The number of hydrogen-bond acceptors (Lipinski definition) is 4. The monoisotopic (exact) mass is 406 g/mol. The summed E-state index contributed by atoms with van der Waals surface area (Å²) in [4.78, 5) is 27.4. The van der Waals surface area contributed by atoms with Crippen molar-refractivity contribution >= 4 is 28.5 Å². The average molecular weight is 407 g/mol. The Morgan fingerprint density at radius 3 is 2.59 bits per heavy atom. The number of halogens is 1. The van der Waals surface area contributed by atoms with Gasteiger partial charge in [0, 0.05) is 17.6 Å². The maximum absolute atomic E-state index is 12.8. The van der Waals surface area contributed by atoms with Crippen molar-refractivity contribution in [2.45, 2.75) is 6.54 Å². The Morgan fingerprint density at radius 1 is 1.03 bits per heavy atom. The van der Waals surface area contributed by atoms with Gasteiger partial charge in [-0.15, -0.1) is 10.2 Å². The number of nitrogens with one attached hydrogen (secondary N) is 1. The highest BCUT2D eigenvalue weighted by Crippen LogP contribution is 2.25. The molecule has 0 saturated heterocycles. The van der Waals surface area contributed by atoms with Gasteiger partial charge in [0.15, 0.2) is 17.0 Å². The van der Waals surface area contributed by atoms with Gasteiger partial charge in [0.1, 0.15) is 0 Å². The van der Waals surface area contributed by atoms with E-state index in [1.807, 2.05) is 48.5 Å². The predicted molar refractivity (Wildman–Crippen MR) is 110 cm³/mol. The Balaban J connectivity index is 1.90. The maximum Gasteiger partial charge on any atom is 0.329 e. The number of hydrogen-bond donors (Lipinski definition) is 1. The number of rotatable bonds is 3. The molecule has 8 nitrogen and oxygen atoms in total. The summed E-state index contributed by atoms with van der Waals surface area (Å²) in [5.41, 5.74) is 1.52. The Kier molecular flexibility index (Phi) is 3.88. The van der Waals surface area contributed by atoms with E-state index in [4.69, 9.17) is 11.6 Å². The lowest BCUT2D eigenvalue weighted by atomic mass is 10.2. The highest BCUT2D eigenvalue weighted by molar-refractivity contribution is 6.30. The predicted octanol–water partition coefficient (Wildman–Crippen LogP) is 2.44. The normalized spacial score (nSPS) is 11.5. The average Bonchev–Trinajstić information content (AvgIpc) is 3.26. The number of aromatic nitrogens is 6. The van der Waals surface area contributed by atoms with Gasteiger partial charge in [-0.25, -0.2) is 9.20 Å². The van der Waals surface area contributed by atoms with Gasteiger partial charge in [0.2, 0.25) is 5.78 Å². The first-order valence-corrected chi connectivity index (χ1v) is 9.29. The van der Waals surface area contributed by atoms with Crippen LogP contribution in [-0.4, -0.2) is 28.7 Å². The molecule has 0 aliphatic carbocycles. The van der Waals surface area contributed by atoms with Crippen LogP contribution in [0.5, 0.6) is 0 Å². The molecule has 0 aliphatic rings. The van der Waals surface area contributed by atoms with Crippen molar-refractivity contribution in [2.24, 2.45) is 7.05 Å². The third-order valence-corrected chi connectivity index (χ3v) is 5.14. The van der Waals surface area contributed by atoms with E-state index in [0.717, 1.165) is 11.1 Å². The summed E-state index contributed by atoms with van der Waals surface area (Å²) >= 11 is 6.13. The Morgan fingerprint density at radius 2 is 1.83 bits per heavy atom. The first-order chi connectivity index (χ1) is 14.0. The fraction of sp³-hybridized carbons (Fsp3) is 0.100. The molecule has 0 radical (unpaired) electrons. The third kappa shape index (κ3) is 2.68. The van der Waals surface area contributed by atoms with Crippen molar-refractivity contribution in [1.29, 1.82) is 0 Å². The van der Waals surface area contributed by atoms with Gasteiger partial charge in [0.25, 0.3) is 5.56 Å². The molecule has 0 bridgehead atoms. The zero-order chi connectivity index (χ0) is 20.1. The number of aromatic amines is 1. The number of aryl methyl sites for hydroxylation is 1. The van der Waals surface area contributed by atoms with Gasteiger partial charge >= 0.3 is 5.69 Å². The van der Waals surface area contributed by atoms with Crippen LogP contribution in [0, 0.1) is 0 Å². The third-order valence-electron chi connectivity index (χ3n) is 4.90. The van der Waals surface area contributed by atoms with E-state index >= 15 is 0 Å². The van der Waals surface area contributed by atoms with Gasteiger partial charge in [-0.1, -0.05) is 54.1 Å². The van der Waals surface area contributed by atoms with Gasteiger partial charge in [-0.05, 0) is 17.7 Å². The number of imidazole rings is 1. The Labute approximate surface area is 168 Å². The molecule has 3 heterocycles. The lowest BCUT2D eigenvalue weighted by Gasteiger charge is -2.05. The number of benzene rings is 2. The van der Waals surface area contributed by atoms with E-state index < -0.39 is 11.2 Å². The lowest BCUT2D eigenvalue weighted by Crippen LogP contribution is -2.29. The molecule has 5 rings (SSSR count). The van der Waals surface area contributed by atoms with Crippen molar-refractivity contribution in [2.75, 3.05) is 0 Å². The Bertz CT molecular complexity index is 1490. The van der Waals surface area contributed by atoms with Gasteiger partial charge in [-0.3, -0.25) is 18.9 Å². The molecule has 9 heteroatoms. The van der Waals surface area contributed by atoms with Gasteiger partial charge in [0.05, 0.1) is 6.54 Å². The Hall–Kier alpha value is -3.65. The first-order valence-electron chi connectivity index (χ1n) is 8.91. The summed E-state index contributed by atoms with van der Waals surface area (Å²) in [6.07, 6.45) is 0. The summed E-state index contributed by atoms with van der Waals surface area (Å²) in [7, 11) is 1.61. The van der Waals surface area contributed by atoms with Crippen LogP contribution in [-0.2, 0) is 13.6 Å². The smallest absolute Gasteiger partial charge is 0.298 e. The second kappa shape index (κ2) is 6.46. The molecule has 2 aromatic carbocycles. The van der Waals surface area contributed by atoms with Crippen LogP contribution in [0.15, 0.2) is 64.2 Å². The molecular formula is C20H15ClN6O2. The largest absolute Gasteiger partial charge is 0.329 e. The fourth-order valence-electron chi connectivity index (χ4n) is 3.58. The first kappa shape index (κ1) is 17.4. The van der Waals surface area contributed by atoms with Crippen molar-refractivity contribution in [3.05, 3.63) is 86.0 Å². The van der Waals surface area contributed by atoms with E-state index in [1.54, 1.807) is 22.1 Å². The van der Waals surface area contributed by atoms with Crippen LogP contribution in [0.1, 0.15) is 5.56 Å². The minimum Gasteiger partial charge on any atom is -0.298 e. The molecule has 0 unspecified atom stereocenters. The number of nitrogens with zero attached hydrogens (tertiary/aromatic N) is 5. The number of H-pyrrole nitrogens is 1. The minimum atomic E-state index is -0.503. The fourth-order valence-corrected chi connectivity index (χ4v) is 3.80. The van der Waals surface area contributed by atoms with Crippen LogP contribution in [0.4, 0.5) is 0 Å². The second-order valence-corrected chi connectivity index (χ2v) is 7.17. The van der Waals surface area contributed by atoms with Gasteiger partial charge in [-0.2, -0.15) is 0 Å². The summed E-state index contributed by atoms with van der Waals surface area (Å²) < 4.78 is 4.89.